The van der Waals surface area contributed by atoms with Crippen LogP contribution >= 0.6 is 0 Å². The molecule has 0 unspecified atom stereocenters. The Morgan fingerprint density at radius 2 is 1.64 bits per heavy atom. The highest BCUT2D eigenvalue weighted by atomic mass is 16.5. The van der Waals surface area contributed by atoms with Crippen LogP contribution in [0, 0.1) is 0 Å². The maximum atomic E-state index is 12.8. The summed E-state index contributed by atoms with van der Waals surface area (Å²) in [5.41, 5.74) is 4.67. The molecule has 2 heterocycles. The maximum absolute atomic E-state index is 12.8. The molecule has 0 aromatic heterocycles. The molecule has 0 spiro atoms. The van der Waals surface area contributed by atoms with E-state index in [0.29, 0.717) is 6.54 Å². The molecule has 25 heavy (non-hydrogen) atoms. The third-order valence-electron chi connectivity index (χ3n) is 5.13. The zero-order valence-corrected chi connectivity index (χ0v) is 14.5. The lowest BCUT2D eigenvalue weighted by atomic mass is 9.99. The summed E-state index contributed by atoms with van der Waals surface area (Å²) in [5.74, 6) is 0.132. The molecule has 2 aromatic carbocycles. The van der Waals surface area contributed by atoms with Crippen molar-refractivity contribution in [3.63, 3.8) is 0 Å². The molecule has 1 amide bonds. The lowest BCUT2D eigenvalue weighted by molar-refractivity contribution is 0.0342. The first-order valence-electron chi connectivity index (χ1n) is 9.05. The van der Waals surface area contributed by atoms with E-state index in [2.05, 4.69) is 35.2 Å². The van der Waals surface area contributed by atoms with Crippen molar-refractivity contribution in [3.05, 3.63) is 70.8 Å². The average Bonchev–Trinajstić information content (AvgIpc) is 2.68. The summed E-state index contributed by atoms with van der Waals surface area (Å²) < 4.78 is 5.39. The van der Waals surface area contributed by atoms with E-state index in [1.807, 2.05) is 23.1 Å². The van der Waals surface area contributed by atoms with Crippen molar-refractivity contribution in [3.8, 4) is 0 Å². The summed E-state index contributed by atoms with van der Waals surface area (Å²) in [7, 11) is 0. The summed E-state index contributed by atoms with van der Waals surface area (Å²) in [6, 6.07) is 16.5. The molecule has 2 aromatic rings. The average molecular weight is 336 g/mol. The van der Waals surface area contributed by atoms with Crippen LogP contribution in [0.2, 0.25) is 0 Å². The van der Waals surface area contributed by atoms with Crippen molar-refractivity contribution < 1.29 is 9.53 Å². The van der Waals surface area contributed by atoms with Gasteiger partial charge in [0.25, 0.3) is 5.91 Å². The molecule has 1 saturated heterocycles. The van der Waals surface area contributed by atoms with Crippen molar-refractivity contribution >= 4 is 5.91 Å². The van der Waals surface area contributed by atoms with Gasteiger partial charge in [0.05, 0.1) is 13.2 Å². The number of benzene rings is 2. The van der Waals surface area contributed by atoms with Gasteiger partial charge in [-0.3, -0.25) is 9.69 Å². The summed E-state index contributed by atoms with van der Waals surface area (Å²) in [6.45, 7) is 6.02. The Balaban J connectivity index is 1.41. The Kier molecular flexibility index (Phi) is 4.81. The zero-order valence-electron chi connectivity index (χ0n) is 14.5. The third-order valence-corrected chi connectivity index (χ3v) is 5.13. The number of nitrogens with zero attached hydrogens (tertiary/aromatic N) is 2. The lowest BCUT2D eigenvalue weighted by Gasteiger charge is -2.29. The molecular weight excluding hydrogens is 312 g/mol. The van der Waals surface area contributed by atoms with Crippen LogP contribution in [0.3, 0.4) is 0 Å². The van der Waals surface area contributed by atoms with Crippen LogP contribution in [0.5, 0.6) is 0 Å². The first-order chi connectivity index (χ1) is 12.3. The molecular formula is C21H24N2O2. The number of carbonyl (C=O) groups excluding carboxylic acids is 1. The van der Waals surface area contributed by atoms with E-state index in [-0.39, 0.29) is 5.91 Å². The van der Waals surface area contributed by atoms with Gasteiger partial charge < -0.3 is 9.64 Å². The summed E-state index contributed by atoms with van der Waals surface area (Å²) >= 11 is 0. The lowest BCUT2D eigenvalue weighted by Crippen LogP contribution is -2.36. The van der Waals surface area contributed by atoms with Crippen molar-refractivity contribution in [2.45, 2.75) is 19.5 Å². The Bertz CT molecular complexity index is 736. The molecule has 0 saturated carbocycles. The van der Waals surface area contributed by atoms with Crippen molar-refractivity contribution in [1.29, 1.82) is 0 Å². The van der Waals surface area contributed by atoms with Crippen LogP contribution in [0.4, 0.5) is 0 Å². The number of ether oxygens (including phenoxy) is 1. The van der Waals surface area contributed by atoms with Crippen LogP contribution in [0.25, 0.3) is 0 Å². The highest BCUT2D eigenvalue weighted by Gasteiger charge is 2.21. The molecule has 0 N–H and O–H groups in total. The highest BCUT2D eigenvalue weighted by molar-refractivity contribution is 5.94. The van der Waals surface area contributed by atoms with Gasteiger partial charge in [0.15, 0.2) is 0 Å². The number of carbonyl (C=O) groups is 1. The smallest absolute Gasteiger partial charge is 0.254 e. The van der Waals surface area contributed by atoms with Crippen LogP contribution in [-0.2, 0) is 24.2 Å². The normalized spacial score (nSPS) is 18.0. The zero-order chi connectivity index (χ0) is 17.1. The van der Waals surface area contributed by atoms with E-state index in [0.717, 1.165) is 51.4 Å². The molecule has 2 aliphatic rings. The SMILES string of the molecule is O=C(c1ccc(CN2CCOCC2)cc1)N1CCc2ccccc2C1. The molecule has 0 bridgehead atoms. The highest BCUT2D eigenvalue weighted by Crippen LogP contribution is 2.20. The third kappa shape index (κ3) is 3.75. The number of morpholine rings is 1. The Morgan fingerprint density at radius 1 is 0.920 bits per heavy atom. The fraction of sp³-hybridized carbons (Fsp3) is 0.381. The number of rotatable bonds is 3. The van der Waals surface area contributed by atoms with Crippen LogP contribution in [0.1, 0.15) is 27.0 Å². The second-order valence-electron chi connectivity index (χ2n) is 6.83. The van der Waals surface area contributed by atoms with Gasteiger partial charge in [0.2, 0.25) is 0 Å². The fourth-order valence-corrected chi connectivity index (χ4v) is 3.62. The second-order valence-corrected chi connectivity index (χ2v) is 6.83. The van der Waals surface area contributed by atoms with E-state index < -0.39 is 0 Å². The number of hydrogen-bond acceptors (Lipinski definition) is 3. The number of amides is 1. The fourth-order valence-electron chi connectivity index (χ4n) is 3.62. The van der Waals surface area contributed by atoms with Gasteiger partial charge in [-0.05, 0) is 35.2 Å². The Hall–Kier alpha value is -2.17. The van der Waals surface area contributed by atoms with Crippen LogP contribution in [0.15, 0.2) is 48.5 Å². The topological polar surface area (TPSA) is 32.8 Å². The quantitative estimate of drug-likeness (QED) is 0.864. The molecule has 0 atom stereocenters. The van der Waals surface area contributed by atoms with Crippen molar-refractivity contribution in [1.82, 2.24) is 9.80 Å². The predicted molar refractivity (Wildman–Crippen MR) is 97.4 cm³/mol. The van der Waals surface area contributed by atoms with Gasteiger partial charge in [-0.2, -0.15) is 0 Å². The van der Waals surface area contributed by atoms with Gasteiger partial charge in [0, 0.05) is 38.3 Å². The summed E-state index contributed by atoms with van der Waals surface area (Å²) in [4.78, 5) is 17.2. The van der Waals surface area contributed by atoms with Crippen LogP contribution in [-0.4, -0.2) is 48.6 Å². The molecule has 130 valence electrons. The molecule has 2 aliphatic heterocycles. The van der Waals surface area contributed by atoms with E-state index in [4.69, 9.17) is 4.74 Å². The van der Waals surface area contributed by atoms with E-state index in [1.54, 1.807) is 0 Å². The van der Waals surface area contributed by atoms with E-state index >= 15 is 0 Å². The first-order valence-corrected chi connectivity index (χ1v) is 9.05. The van der Waals surface area contributed by atoms with E-state index in [1.165, 1.54) is 16.7 Å². The largest absolute Gasteiger partial charge is 0.379 e. The van der Waals surface area contributed by atoms with Gasteiger partial charge >= 0.3 is 0 Å². The van der Waals surface area contributed by atoms with Crippen LogP contribution < -0.4 is 0 Å². The summed E-state index contributed by atoms with van der Waals surface area (Å²) in [5, 5.41) is 0. The molecule has 0 aliphatic carbocycles. The van der Waals surface area contributed by atoms with E-state index in [9.17, 15) is 4.79 Å². The second kappa shape index (κ2) is 7.38. The Labute approximate surface area is 149 Å². The standard InChI is InChI=1S/C21H24N2O2/c24-21(23-10-9-18-3-1-2-4-20(18)16-23)19-7-5-17(6-8-19)15-22-11-13-25-14-12-22/h1-8H,9-16H2. The van der Waals surface area contributed by atoms with Gasteiger partial charge in [-0.25, -0.2) is 0 Å². The molecule has 1 fully saturated rings. The minimum Gasteiger partial charge on any atom is -0.379 e. The molecule has 4 nitrogen and oxygen atoms in total. The van der Waals surface area contributed by atoms with Gasteiger partial charge in [0.1, 0.15) is 0 Å². The number of hydrogen-bond donors (Lipinski definition) is 0. The van der Waals surface area contributed by atoms with Crippen molar-refractivity contribution in [2.24, 2.45) is 0 Å². The predicted octanol–water partition coefficient (Wildman–Crippen LogP) is 2.72. The number of fused-ring (bicyclic) bond motifs is 1. The minimum atomic E-state index is 0.132. The van der Waals surface area contributed by atoms with Crippen molar-refractivity contribution in [2.75, 3.05) is 32.8 Å². The van der Waals surface area contributed by atoms with Gasteiger partial charge in [-0.15, -0.1) is 0 Å². The monoisotopic (exact) mass is 336 g/mol. The first kappa shape index (κ1) is 16.3. The minimum absolute atomic E-state index is 0.132. The molecule has 0 radical (unpaired) electrons. The maximum Gasteiger partial charge on any atom is 0.254 e. The Morgan fingerprint density at radius 3 is 2.40 bits per heavy atom. The summed E-state index contributed by atoms with van der Waals surface area (Å²) in [6.07, 6.45) is 0.941. The van der Waals surface area contributed by atoms with Gasteiger partial charge in [-0.1, -0.05) is 36.4 Å². The molecule has 4 heteroatoms. The molecule has 4 rings (SSSR count).